The van der Waals surface area contributed by atoms with E-state index in [4.69, 9.17) is 9.15 Å². The summed E-state index contributed by atoms with van der Waals surface area (Å²) in [4.78, 5) is 37.7. The van der Waals surface area contributed by atoms with Crippen molar-refractivity contribution < 1.29 is 18.7 Å². The molecule has 0 aliphatic heterocycles. The quantitative estimate of drug-likeness (QED) is 0.664. The summed E-state index contributed by atoms with van der Waals surface area (Å²) in [7, 11) is 0. The fraction of sp³-hybridized carbons (Fsp3) is 0.286. The second kappa shape index (κ2) is 7.34. The fourth-order valence-corrected chi connectivity index (χ4v) is 3.08. The van der Waals surface area contributed by atoms with Gasteiger partial charge in [0.25, 0.3) is 5.91 Å². The van der Waals surface area contributed by atoms with Crippen LogP contribution >= 0.6 is 0 Å². The van der Waals surface area contributed by atoms with Crippen molar-refractivity contribution >= 4 is 23.0 Å². The van der Waals surface area contributed by atoms with Gasteiger partial charge in [-0.3, -0.25) is 9.36 Å². The number of rotatable bonds is 6. The zero-order valence-electron chi connectivity index (χ0n) is 15.3. The highest BCUT2D eigenvalue weighted by Crippen LogP contribution is 2.25. The number of hydrogen-bond acceptors (Lipinski definition) is 5. The van der Waals surface area contributed by atoms with Crippen LogP contribution in [0.2, 0.25) is 0 Å². The number of carbonyl (C=O) groups is 2. The molecule has 2 unspecified atom stereocenters. The van der Waals surface area contributed by atoms with E-state index in [1.807, 2.05) is 6.07 Å². The van der Waals surface area contributed by atoms with Crippen molar-refractivity contribution in [3.05, 3.63) is 70.7 Å². The van der Waals surface area contributed by atoms with Crippen LogP contribution in [0, 0.1) is 0 Å². The zero-order valence-corrected chi connectivity index (χ0v) is 15.3. The van der Waals surface area contributed by atoms with Crippen LogP contribution in [0.5, 0.6) is 0 Å². The molecule has 1 aliphatic carbocycles. The third kappa shape index (κ3) is 3.55. The molecule has 0 radical (unpaired) electrons. The first-order valence-corrected chi connectivity index (χ1v) is 9.20. The normalized spacial score (nSPS) is 15.8. The minimum atomic E-state index is -1.08. The molecule has 2 atom stereocenters. The summed E-state index contributed by atoms with van der Waals surface area (Å²) < 4.78 is 12.0. The van der Waals surface area contributed by atoms with E-state index in [0.717, 1.165) is 12.8 Å². The van der Waals surface area contributed by atoms with Crippen LogP contribution in [0.1, 0.15) is 37.5 Å². The van der Waals surface area contributed by atoms with E-state index >= 15 is 0 Å². The van der Waals surface area contributed by atoms with Gasteiger partial charge in [-0.1, -0.05) is 42.5 Å². The highest BCUT2D eigenvalue weighted by molar-refractivity contribution is 5.86. The Bertz CT molecular complexity index is 1070. The van der Waals surface area contributed by atoms with Gasteiger partial charge in [-0.05, 0) is 31.9 Å². The number of carbonyl (C=O) groups excluding carboxylic acids is 2. The molecule has 0 saturated heterocycles. The monoisotopic (exact) mass is 380 g/mol. The predicted octanol–water partition coefficient (Wildman–Crippen LogP) is 2.72. The van der Waals surface area contributed by atoms with E-state index in [1.165, 1.54) is 4.57 Å². The average Bonchev–Trinajstić information content (AvgIpc) is 3.45. The molecule has 3 aromatic rings. The van der Waals surface area contributed by atoms with Gasteiger partial charge in [0, 0.05) is 11.6 Å². The molecule has 7 heteroatoms. The van der Waals surface area contributed by atoms with Crippen LogP contribution in [0.3, 0.4) is 0 Å². The van der Waals surface area contributed by atoms with Crippen molar-refractivity contribution in [1.29, 1.82) is 0 Å². The molecule has 4 rings (SSSR count). The number of hydrogen-bond donors (Lipinski definition) is 1. The molecule has 1 aromatic heterocycles. The van der Waals surface area contributed by atoms with Crippen LogP contribution in [0.25, 0.3) is 11.1 Å². The first-order chi connectivity index (χ1) is 13.5. The Labute approximate surface area is 160 Å². The molecule has 0 bridgehead atoms. The first-order valence-electron chi connectivity index (χ1n) is 9.20. The molecule has 7 nitrogen and oxygen atoms in total. The summed E-state index contributed by atoms with van der Waals surface area (Å²) in [5.74, 6) is -1.70. The van der Waals surface area contributed by atoms with Crippen molar-refractivity contribution in [3.63, 3.8) is 0 Å². The van der Waals surface area contributed by atoms with Crippen molar-refractivity contribution in [2.45, 2.75) is 38.0 Å². The predicted molar refractivity (Wildman–Crippen MR) is 102 cm³/mol. The number of aromatic nitrogens is 1. The Morgan fingerprint density at radius 1 is 1.11 bits per heavy atom. The van der Waals surface area contributed by atoms with Crippen LogP contribution < -0.4 is 11.1 Å². The second-order valence-corrected chi connectivity index (χ2v) is 6.89. The molecule has 144 valence electrons. The third-order valence-corrected chi connectivity index (χ3v) is 4.75. The maximum Gasteiger partial charge on any atom is 0.420 e. The maximum atomic E-state index is 12.8. The van der Waals surface area contributed by atoms with Gasteiger partial charge in [-0.2, -0.15) is 0 Å². The summed E-state index contributed by atoms with van der Waals surface area (Å²) in [5, 5.41) is 2.87. The molecule has 1 aliphatic rings. The van der Waals surface area contributed by atoms with Gasteiger partial charge in [-0.25, -0.2) is 9.59 Å². The Morgan fingerprint density at radius 3 is 2.50 bits per heavy atom. The van der Waals surface area contributed by atoms with Gasteiger partial charge in [0.05, 0.1) is 5.52 Å². The van der Waals surface area contributed by atoms with Gasteiger partial charge in [-0.15, -0.1) is 0 Å². The van der Waals surface area contributed by atoms with Crippen LogP contribution in [0.4, 0.5) is 0 Å². The van der Waals surface area contributed by atoms with Gasteiger partial charge >= 0.3 is 11.7 Å². The zero-order chi connectivity index (χ0) is 19.7. The van der Waals surface area contributed by atoms with Crippen molar-refractivity contribution in [2.75, 3.05) is 0 Å². The second-order valence-electron chi connectivity index (χ2n) is 6.89. The lowest BCUT2D eigenvalue weighted by Crippen LogP contribution is -2.35. The lowest BCUT2D eigenvalue weighted by Gasteiger charge is -2.20. The van der Waals surface area contributed by atoms with Crippen molar-refractivity contribution in [2.24, 2.45) is 0 Å². The minimum absolute atomic E-state index is 0.135. The molecule has 1 amide bonds. The Kier molecular flexibility index (Phi) is 4.73. The molecule has 2 aromatic carbocycles. The summed E-state index contributed by atoms with van der Waals surface area (Å²) in [6.45, 7) is 1.55. The number of nitrogens with one attached hydrogen (secondary N) is 1. The molecule has 1 fully saturated rings. The van der Waals surface area contributed by atoms with E-state index < -0.39 is 23.9 Å². The van der Waals surface area contributed by atoms with Crippen LogP contribution in [-0.4, -0.2) is 22.5 Å². The van der Waals surface area contributed by atoms with E-state index in [1.54, 1.807) is 55.5 Å². The SMILES string of the molecule is CC(C(=O)OC(C(=O)NC1CC1)c1ccccc1)n1c(=O)oc2ccccc21. The maximum absolute atomic E-state index is 12.8. The Hall–Kier alpha value is -3.35. The smallest absolute Gasteiger partial charge is 0.420 e. The topological polar surface area (TPSA) is 90.5 Å². The number of fused-ring (bicyclic) bond motifs is 1. The average molecular weight is 380 g/mol. The standard InChI is InChI=1S/C21H20N2O5/c1-13(23-16-9-5-6-10-17(16)27-21(23)26)20(25)28-18(14-7-3-2-4-8-14)19(24)22-15-11-12-15/h2-10,13,15,18H,11-12H2,1H3,(H,22,24). The summed E-state index contributed by atoms with van der Waals surface area (Å²) >= 11 is 0. The highest BCUT2D eigenvalue weighted by atomic mass is 16.5. The molecule has 0 spiro atoms. The minimum Gasteiger partial charge on any atom is -0.446 e. The lowest BCUT2D eigenvalue weighted by molar-refractivity contribution is -0.159. The molecule has 1 N–H and O–H groups in total. The lowest BCUT2D eigenvalue weighted by atomic mass is 10.1. The highest BCUT2D eigenvalue weighted by Gasteiger charge is 2.33. The molecule has 1 heterocycles. The van der Waals surface area contributed by atoms with Crippen LogP contribution in [-0.2, 0) is 14.3 Å². The molecule has 28 heavy (non-hydrogen) atoms. The Morgan fingerprint density at radius 2 is 1.79 bits per heavy atom. The van der Waals surface area contributed by atoms with E-state index in [0.29, 0.717) is 16.7 Å². The first kappa shape index (κ1) is 18.0. The van der Waals surface area contributed by atoms with Gasteiger partial charge in [0.2, 0.25) is 6.10 Å². The summed E-state index contributed by atoms with van der Waals surface area (Å²) in [6, 6.07) is 14.9. The largest absolute Gasteiger partial charge is 0.446 e. The number of nitrogens with zero attached hydrogens (tertiary/aromatic N) is 1. The van der Waals surface area contributed by atoms with Crippen LogP contribution in [0.15, 0.2) is 63.8 Å². The molecular weight excluding hydrogens is 360 g/mol. The number of ether oxygens (including phenoxy) is 1. The number of oxazole rings is 1. The summed E-state index contributed by atoms with van der Waals surface area (Å²) in [5.41, 5.74) is 1.46. The van der Waals surface area contributed by atoms with E-state index in [9.17, 15) is 14.4 Å². The number of para-hydroxylation sites is 2. The summed E-state index contributed by atoms with van der Waals surface area (Å²) in [6.07, 6.45) is 0.771. The van der Waals surface area contributed by atoms with Gasteiger partial charge in [0.1, 0.15) is 6.04 Å². The third-order valence-electron chi connectivity index (χ3n) is 4.75. The number of esters is 1. The Balaban J connectivity index is 1.60. The van der Waals surface area contributed by atoms with Crippen molar-refractivity contribution in [3.8, 4) is 0 Å². The fourth-order valence-electron chi connectivity index (χ4n) is 3.08. The number of amides is 1. The van der Waals surface area contributed by atoms with Crippen molar-refractivity contribution in [1.82, 2.24) is 9.88 Å². The molecule has 1 saturated carbocycles. The number of benzene rings is 2. The van der Waals surface area contributed by atoms with E-state index in [-0.39, 0.29) is 11.9 Å². The van der Waals surface area contributed by atoms with Gasteiger partial charge < -0.3 is 14.5 Å². The molecular formula is C21H20N2O5. The van der Waals surface area contributed by atoms with Gasteiger partial charge in [0.15, 0.2) is 5.58 Å². The van der Waals surface area contributed by atoms with E-state index in [2.05, 4.69) is 5.32 Å².